The van der Waals surface area contributed by atoms with E-state index >= 15 is 0 Å². The third kappa shape index (κ3) is 3.22. The van der Waals surface area contributed by atoms with Crippen molar-refractivity contribution in [2.24, 2.45) is 0 Å². The normalized spacial score (nSPS) is 20.1. The second kappa shape index (κ2) is 6.77. The third-order valence-electron chi connectivity index (χ3n) is 4.44. The molecule has 1 saturated heterocycles. The van der Waals surface area contributed by atoms with Crippen molar-refractivity contribution in [1.29, 1.82) is 0 Å². The molecule has 8 heteroatoms. The second-order valence-corrected chi connectivity index (χ2v) is 8.21. The Bertz CT molecular complexity index is 898. The molecule has 0 bridgehead atoms. The number of hydrogen-bond acceptors (Lipinski definition) is 6. The largest absolute Gasteiger partial charge is 0.487 e. The van der Waals surface area contributed by atoms with E-state index in [0.717, 1.165) is 5.69 Å². The lowest BCUT2D eigenvalue weighted by Gasteiger charge is -2.23. The Morgan fingerprint density at radius 2 is 2.04 bits per heavy atom. The summed E-state index contributed by atoms with van der Waals surface area (Å²) in [5.41, 5.74) is 0.907. The average Bonchev–Trinajstić information content (AvgIpc) is 3.12. The molecule has 4 rings (SSSR count). The molecule has 2 aliphatic heterocycles. The van der Waals surface area contributed by atoms with Crippen LogP contribution in [0.15, 0.2) is 41.4 Å². The molecule has 1 aromatic heterocycles. The molecule has 7 nitrogen and oxygen atoms in total. The Morgan fingerprint density at radius 3 is 2.85 bits per heavy atom. The molecule has 1 atom stereocenters. The van der Waals surface area contributed by atoms with E-state index in [1.165, 1.54) is 4.31 Å². The lowest BCUT2D eigenvalue weighted by atomic mass is 10.3. The van der Waals surface area contributed by atoms with Crippen LogP contribution in [0, 0.1) is 6.92 Å². The van der Waals surface area contributed by atoms with Gasteiger partial charge in [-0.25, -0.2) is 8.42 Å². The van der Waals surface area contributed by atoms with Gasteiger partial charge in [0.05, 0.1) is 12.7 Å². The Hall–Kier alpha value is -2.32. The molecule has 2 aliphatic rings. The number of pyridine rings is 1. The third-order valence-corrected chi connectivity index (χ3v) is 6.33. The number of aromatic nitrogens is 1. The maximum Gasteiger partial charge on any atom is 0.247 e. The van der Waals surface area contributed by atoms with Crippen LogP contribution in [-0.2, 0) is 10.0 Å². The standard InChI is InChI=1S/C18H20N2O5S/c1-13-5-6-14(11-19-13)25-15-7-8-20(12-15)26(21,22)17-4-2-3-16-18(17)24-10-9-23-16/h2-6,11,15H,7-10,12H2,1H3. The minimum absolute atomic E-state index is 0.146. The number of aryl methyl sites for hydroxylation is 1. The fourth-order valence-electron chi connectivity index (χ4n) is 3.12. The number of sulfonamides is 1. The molecular formula is C18H20N2O5S. The van der Waals surface area contributed by atoms with Crippen LogP contribution in [0.1, 0.15) is 12.1 Å². The van der Waals surface area contributed by atoms with Crippen molar-refractivity contribution in [3.63, 3.8) is 0 Å². The quantitative estimate of drug-likeness (QED) is 0.812. The van der Waals surface area contributed by atoms with Crippen molar-refractivity contribution in [3.8, 4) is 17.2 Å². The Balaban J connectivity index is 1.52. The molecule has 0 aliphatic carbocycles. The first-order valence-electron chi connectivity index (χ1n) is 8.52. The van der Waals surface area contributed by atoms with Crippen molar-refractivity contribution in [1.82, 2.24) is 9.29 Å². The number of fused-ring (bicyclic) bond motifs is 1. The zero-order chi connectivity index (χ0) is 18.1. The van der Waals surface area contributed by atoms with Gasteiger partial charge in [0.1, 0.15) is 30.0 Å². The minimum atomic E-state index is -3.68. The van der Waals surface area contributed by atoms with Crippen molar-refractivity contribution in [2.75, 3.05) is 26.3 Å². The van der Waals surface area contributed by atoms with Gasteiger partial charge >= 0.3 is 0 Å². The Morgan fingerprint density at radius 1 is 1.19 bits per heavy atom. The highest BCUT2D eigenvalue weighted by Gasteiger charge is 2.36. The van der Waals surface area contributed by atoms with Gasteiger partial charge in [-0.2, -0.15) is 4.31 Å². The van der Waals surface area contributed by atoms with Crippen LogP contribution < -0.4 is 14.2 Å². The van der Waals surface area contributed by atoms with Crippen LogP contribution in [0.3, 0.4) is 0 Å². The van der Waals surface area contributed by atoms with E-state index in [4.69, 9.17) is 14.2 Å². The van der Waals surface area contributed by atoms with E-state index in [-0.39, 0.29) is 11.0 Å². The molecule has 1 fully saturated rings. The zero-order valence-electron chi connectivity index (χ0n) is 14.4. The van der Waals surface area contributed by atoms with E-state index in [1.807, 2.05) is 19.1 Å². The zero-order valence-corrected chi connectivity index (χ0v) is 15.2. The first-order chi connectivity index (χ1) is 12.5. The summed E-state index contributed by atoms with van der Waals surface area (Å²) < 4.78 is 44.5. The monoisotopic (exact) mass is 376 g/mol. The number of ether oxygens (including phenoxy) is 3. The van der Waals surface area contributed by atoms with Gasteiger partial charge in [0.15, 0.2) is 11.5 Å². The molecule has 138 valence electrons. The predicted molar refractivity (Wildman–Crippen MR) is 94.2 cm³/mol. The molecule has 0 radical (unpaired) electrons. The van der Waals surface area contributed by atoms with Crippen molar-refractivity contribution in [3.05, 3.63) is 42.2 Å². The maximum atomic E-state index is 13.1. The molecule has 0 amide bonds. The summed E-state index contributed by atoms with van der Waals surface area (Å²) in [7, 11) is -3.68. The van der Waals surface area contributed by atoms with E-state index in [0.29, 0.717) is 50.0 Å². The van der Waals surface area contributed by atoms with Crippen molar-refractivity contribution in [2.45, 2.75) is 24.3 Å². The average molecular weight is 376 g/mol. The number of nitrogens with zero attached hydrogens (tertiary/aromatic N) is 2. The molecule has 3 heterocycles. The van der Waals surface area contributed by atoms with E-state index in [2.05, 4.69) is 4.98 Å². The van der Waals surface area contributed by atoms with Gasteiger partial charge in [-0.3, -0.25) is 4.98 Å². The number of hydrogen-bond donors (Lipinski definition) is 0. The Labute approximate surface area is 152 Å². The topological polar surface area (TPSA) is 78.0 Å². The van der Waals surface area contributed by atoms with Gasteiger partial charge in [-0.1, -0.05) is 6.07 Å². The molecule has 1 aromatic carbocycles. The lowest BCUT2D eigenvalue weighted by molar-refractivity contribution is 0.166. The SMILES string of the molecule is Cc1ccc(OC2CCN(S(=O)(=O)c3cccc4c3OCCO4)C2)cn1. The van der Waals surface area contributed by atoms with E-state index in [9.17, 15) is 8.42 Å². The smallest absolute Gasteiger partial charge is 0.247 e. The molecule has 1 unspecified atom stereocenters. The highest BCUT2D eigenvalue weighted by atomic mass is 32.2. The van der Waals surface area contributed by atoms with Crippen LogP contribution in [0.25, 0.3) is 0 Å². The highest BCUT2D eigenvalue weighted by molar-refractivity contribution is 7.89. The molecule has 26 heavy (non-hydrogen) atoms. The summed E-state index contributed by atoms with van der Waals surface area (Å²) in [4.78, 5) is 4.34. The summed E-state index contributed by atoms with van der Waals surface area (Å²) in [5.74, 6) is 1.41. The fraction of sp³-hybridized carbons (Fsp3) is 0.389. The van der Waals surface area contributed by atoms with Gasteiger partial charge in [0, 0.05) is 12.2 Å². The second-order valence-electron chi connectivity index (χ2n) is 6.31. The van der Waals surface area contributed by atoms with Gasteiger partial charge in [-0.05, 0) is 37.6 Å². The Kier molecular flexibility index (Phi) is 4.46. The molecule has 0 saturated carbocycles. The minimum Gasteiger partial charge on any atom is -0.487 e. The van der Waals surface area contributed by atoms with Crippen LogP contribution in [-0.4, -0.2) is 50.1 Å². The summed E-state index contributed by atoms with van der Waals surface area (Å²) >= 11 is 0. The van der Waals surface area contributed by atoms with Gasteiger partial charge in [0.25, 0.3) is 0 Å². The summed E-state index contributed by atoms with van der Waals surface area (Å²) in [6, 6.07) is 8.65. The summed E-state index contributed by atoms with van der Waals surface area (Å²) in [6.07, 6.45) is 2.08. The number of para-hydroxylation sites is 1. The molecular weight excluding hydrogens is 356 g/mol. The van der Waals surface area contributed by atoms with Crippen LogP contribution in [0.2, 0.25) is 0 Å². The van der Waals surface area contributed by atoms with Crippen LogP contribution >= 0.6 is 0 Å². The van der Waals surface area contributed by atoms with Crippen molar-refractivity contribution >= 4 is 10.0 Å². The maximum absolute atomic E-state index is 13.1. The number of rotatable bonds is 4. The van der Waals surface area contributed by atoms with E-state index in [1.54, 1.807) is 24.4 Å². The predicted octanol–water partition coefficient (Wildman–Crippen LogP) is 2.00. The summed E-state index contributed by atoms with van der Waals surface area (Å²) in [6.45, 7) is 3.35. The highest BCUT2D eigenvalue weighted by Crippen LogP contribution is 2.38. The first-order valence-corrected chi connectivity index (χ1v) is 9.96. The van der Waals surface area contributed by atoms with E-state index < -0.39 is 10.0 Å². The van der Waals surface area contributed by atoms with Crippen molar-refractivity contribution < 1.29 is 22.6 Å². The van der Waals surface area contributed by atoms with Crippen LogP contribution in [0.5, 0.6) is 17.2 Å². The molecule has 0 N–H and O–H groups in total. The molecule has 2 aromatic rings. The molecule has 0 spiro atoms. The van der Waals surface area contributed by atoms with Gasteiger partial charge < -0.3 is 14.2 Å². The summed E-state index contributed by atoms with van der Waals surface area (Å²) in [5, 5.41) is 0. The first kappa shape index (κ1) is 17.1. The lowest BCUT2D eigenvalue weighted by Crippen LogP contribution is -2.32. The van der Waals surface area contributed by atoms with Gasteiger partial charge in [0.2, 0.25) is 10.0 Å². The number of benzene rings is 1. The van der Waals surface area contributed by atoms with Gasteiger partial charge in [-0.15, -0.1) is 0 Å². The van der Waals surface area contributed by atoms with Crippen LogP contribution in [0.4, 0.5) is 0 Å². The fourth-order valence-corrected chi connectivity index (χ4v) is 4.75.